The molecular formula is C16H15BrO2. The standard InChI is InChI=1S/C16H15BrO2/c1-2-11-3-5-12(6-4-11)16-14-9-13(17)7-8-15(14)18-10-19-16/h3-9,16H,2,10H2,1H3. The van der Waals surface area contributed by atoms with E-state index in [-0.39, 0.29) is 6.10 Å². The first-order chi connectivity index (χ1) is 9.28. The van der Waals surface area contributed by atoms with Gasteiger partial charge in [0.2, 0.25) is 0 Å². The van der Waals surface area contributed by atoms with E-state index in [1.165, 1.54) is 11.1 Å². The topological polar surface area (TPSA) is 18.5 Å². The van der Waals surface area contributed by atoms with Gasteiger partial charge in [-0.05, 0) is 35.7 Å². The maximum absolute atomic E-state index is 5.78. The summed E-state index contributed by atoms with van der Waals surface area (Å²) in [5, 5.41) is 0. The zero-order valence-electron chi connectivity index (χ0n) is 10.7. The van der Waals surface area contributed by atoms with Crippen LogP contribution in [0.5, 0.6) is 5.75 Å². The van der Waals surface area contributed by atoms with Crippen molar-refractivity contribution in [1.29, 1.82) is 0 Å². The predicted octanol–water partition coefficient (Wildman–Crippen LogP) is 4.47. The van der Waals surface area contributed by atoms with E-state index in [1.54, 1.807) is 0 Å². The van der Waals surface area contributed by atoms with Gasteiger partial charge in [-0.25, -0.2) is 0 Å². The highest BCUT2D eigenvalue weighted by molar-refractivity contribution is 9.10. The number of benzene rings is 2. The van der Waals surface area contributed by atoms with E-state index in [0.29, 0.717) is 6.79 Å². The van der Waals surface area contributed by atoms with Crippen molar-refractivity contribution in [3.8, 4) is 5.75 Å². The lowest BCUT2D eigenvalue weighted by molar-refractivity contribution is -0.0419. The molecule has 98 valence electrons. The van der Waals surface area contributed by atoms with E-state index in [9.17, 15) is 0 Å². The Morgan fingerprint density at radius 3 is 2.68 bits per heavy atom. The summed E-state index contributed by atoms with van der Waals surface area (Å²) < 4.78 is 12.3. The first kappa shape index (κ1) is 12.7. The summed E-state index contributed by atoms with van der Waals surface area (Å²) in [4.78, 5) is 0. The van der Waals surface area contributed by atoms with Gasteiger partial charge in [-0.3, -0.25) is 0 Å². The molecule has 3 heteroatoms. The van der Waals surface area contributed by atoms with Crippen LogP contribution < -0.4 is 4.74 Å². The van der Waals surface area contributed by atoms with Crippen molar-refractivity contribution < 1.29 is 9.47 Å². The minimum atomic E-state index is -0.0489. The fourth-order valence-corrected chi connectivity index (χ4v) is 2.69. The van der Waals surface area contributed by atoms with Crippen molar-refractivity contribution in [1.82, 2.24) is 0 Å². The summed E-state index contributed by atoms with van der Waals surface area (Å²) in [5.74, 6) is 0.902. The van der Waals surface area contributed by atoms with Crippen LogP contribution in [0.3, 0.4) is 0 Å². The second-order valence-corrected chi connectivity index (χ2v) is 5.50. The molecule has 0 N–H and O–H groups in total. The molecule has 0 amide bonds. The molecule has 3 rings (SSSR count). The molecule has 0 aromatic heterocycles. The maximum Gasteiger partial charge on any atom is 0.190 e. The van der Waals surface area contributed by atoms with Gasteiger partial charge < -0.3 is 9.47 Å². The van der Waals surface area contributed by atoms with Crippen molar-refractivity contribution in [3.05, 3.63) is 63.6 Å². The Balaban J connectivity index is 2.00. The Morgan fingerprint density at radius 1 is 1.16 bits per heavy atom. The largest absolute Gasteiger partial charge is 0.467 e. The first-order valence-corrected chi connectivity index (χ1v) is 7.20. The quantitative estimate of drug-likeness (QED) is 0.813. The second-order valence-electron chi connectivity index (χ2n) is 4.59. The smallest absolute Gasteiger partial charge is 0.190 e. The summed E-state index contributed by atoms with van der Waals surface area (Å²) in [5.41, 5.74) is 3.58. The Bertz CT molecular complexity index is 578. The average molecular weight is 319 g/mol. The van der Waals surface area contributed by atoms with Crippen molar-refractivity contribution in [2.45, 2.75) is 19.4 Å². The van der Waals surface area contributed by atoms with Crippen LogP contribution in [0.25, 0.3) is 0 Å². The molecule has 2 nitrogen and oxygen atoms in total. The third-order valence-corrected chi connectivity index (χ3v) is 3.89. The third-order valence-electron chi connectivity index (χ3n) is 3.39. The molecule has 0 radical (unpaired) electrons. The predicted molar refractivity (Wildman–Crippen MR) is 78.4 cm³/mol. The van der Waals surface area contributed by atoms with Gasteiger partial charge in [0.05, 0.1) is 0 Å². The van der Waals surface area contributed by atoms with Crippen LogP contribution in [-0.2, 0) is 11.2 Å². The van der Waals surface area contributed by atoms with E-state index in [1.807, 2.05) is 12.1 Å². The van der Waals surface area contributed by atoms with E-state index < -0.39 is 0 Å². The molecule has 1 aliphatic rings. The molecular weight excluding hydrogens is 304 g/mol. The first-order valence-electron chi connectivity index (χ1n) is 6.40. The molecule has 1 heterocycles. The molecule has 1 atom stereocenters. The molecule has 19 heavy (non-hydrogen) atoms. The number of aryl methyl sites for hydroxylation is 1. The van der Waals surface area contributed by atoms with Crippen LogP contribution in [0.1, 0.15) is 29.7 Å². The van der Waals surface area contributed by atoms with Gasteiger partial charge in [-0.2, -0.15) is 0 Å². The molecule has 1 unspecified atom stereocenters. The van der Waals surface area contributed by atoms with Gasteiger partial charge in [-0.1, -0.05) is 47.1 Å². The molecule has 2 aromatic rings. The van der Waals surface area contributed by atoms with Crippen molar-refractivity contribution in [2.75, 3.05) is 6.79 Å². The van der Waals surface area contributed by atoms with Gasteiger partial charge >= 0.3 is 0 Å². The molecule has 0 saturated carbocycles. The number of fused-ring (bicyclic) bond motifs is 1. The summed E-state index contributed by atoms with van der Waals surface area (Å²) in [6.07, 6.45) is 1.00. The Morgan fingerprint density at radius 2 is 1.95 bits per heavy atom. The van der Waals surface area contributed by atoms with Crippen molar-refractivity contribution >= 4 is 15.9 Å². The van der Waals surface area contributed by atoms with Gasteiger partial charge in [0.1, 0.15) is 11.9 Å². The average Bonchev–Trinajstić information content (AvgIpc) is 2.47. The van der Waals surface area contributed by atoms with Crippen molar-refractivity contribution in [2.24, 2.45) is 0 Å². The third kappa shape index (κ3) is 2.53. The van der Waals surface area contributed by atoms with E-state index in [0.717, 1.165) is 22.2 Å². The minimum absolute atomic E-state index is 0.0489. The molecule has 0 spiro atoms. The molecule has 0 aliphatic carbocycles. The second kappa shape index (κ2) is 5.35. The zero-order chi connectivity index (χ0) is 13.2. The fourth-order valence-electron chi connectivity index (χ4n) is 2.31. The number of halogens is 1. The van der Waals surface area contributed by atoms with Gasteiger partial charge in [-0.15, -0.1) is 0 Å². The number of rotatable bonds is 2. The Labute approximate surface area is 121 Å². The lowest BCUT2D eigenvalue weighted by Gasteiger charge is -2.26. The minimum Gasteiger partial charge on any atom is -0.467 e. The Hall–Kier alpha value is -1.32. The highest BCUT2D eigenvalue weighted by Gasteiger charge is 2.23. The van der Waals surface area contributed by atoms with Crippen LogP contribution in [0.4, 0.5) is 0 Å². The maximum atomic E-state index is 5.78. The van der Waals surface area contributed by atoms with Gasteiger partial charge in [0, 0.05) is 10.0 Å². The summed E-state index contributed by atoms with van der Waals surface area (Å²) in [6.45, 7) is 2.46. The van der Waals surface area contributed by atoms with Crippen LogP contribution in [0.15, 0.2) is 46.9 Å². The number of hydrogen-bond acceptors (Lipinski definition) is 2. The fraction of sp³-hybridized carbons (Fsp3) is 0.250. The normalized spacial score (nSPS) is 17.7. The van der Waals surface area contributed by atoms with Crippen LogP contribution >= 0.6 is 15.9 Å². The van der Waals surface area contributed by atoms with E-state index in [4.69, 9.17) is 9.47 Å². The summed E-state index contributed by atoms with van der Waals surface area (Å²) in [6, 6.07) is 14.6. The lowest BCUT2D eigenvalue weighted by atomic mass is 9.98. The van der Waals surface area contributed by atoms with Gasteiger partial charge in [0.25, 0.3) is 0 Å². The lowest BCUT2D eigenvalue weighted by Crippen LogP contribution is -2.18. The molecule has 2 aromatic carbocycles. The van der Waals surface area contributed by atoms with Crippen LogP contribution in [-0.4, -0.2) is 6.79 Å². The highest BCUT2D eigenvalue weighted by Crippen LogP contribution is 2.37. The van der Waals surface area contributed by atoms with Gasteiger partial charge in [0.15, 0.2) is 6.79 Å². The number of ether oxygens (including phenoxy) is 2. The summed E-state index contributed by atoms with van der Waals surface area (Å²) >= 11 is 3.50. The molecule has 0 fully saturated rings. The van der Waals surface area contributed by atoms with E-state index in [2.05, 4.69) is 53.2 Å². The molecule has 0 saturated heterocycles. The zero-order valence-corrected chi connectivity index (χ0v) is 12.3. The molecule has 0 bridgehead atoms. The highest BCUT2D eigenvalue weighted by atomic mass is 79.9. The Kier molecular flexibility index (Phi) is 3.58. The SMILES string of the molecule is CCc1ccc(C2OCOc3ccc(Br)cc32)cc1. The monoisotopic (exact) mass is 318 g/mol. The van der Waals surface area contributed by atoms with Crippen LogP contribution in [0, 0.1) is 0 Å². The molecule has 1 aliphatic heterocycles. The summed E-state index contributed by atoms with van der Waals surface area (Å²) in [7, 11) is 0. The van der Waals surface area contributed by atoms with Crippen LogP contribution in [0.2, 0.25) is 0 Å². The van der Waals surface area contributed by atoms with Crippen molar-refractivity contribution in [3.63, 3.8) is 0 Å². The van der Waals surface area contributed by atoms with E-state index >= 15 is 0 Å². The number of hydrogen-bond donors (Lipinski definition) is 0.